The van der Waals surface area contributed by atoms with E-state index in [4.69, 9.17) is 5.14 Å². The molecule has 127 valence electrons. The molecule has 0 atom stereocenters. The predicted molar refractivity (Wildman–Crippen MR) is 76.6 cm³/mol. The minimum atomic E-state index is -4.90. The van der Waals surface area contributed by atoms with Crippen LogP contribution in [0, 0.1) is 6.92 Å². The van der Waals surface area contributed by atoms with Gasteiger partial charge in [0.25, 0.3) is 0 Å². The Morgan fingerprint density at radius 3 is 2.38 bits per heavy atom. The van der Waals surface area contributed by atoms with Crippen molar-refractivity contribution in [1.29, 1.82) is 0 Å². The van der Waals surface area contributed by atoms with E-state index in [1.165, 1.54) is 6.07 Å². The van der Waals surface area contributed by atoms with Gasteiger partial charge >= 0.3 is 6.36 Å². The summed E-state index contributed by atoms with van der Waals surface area (Å²) in [5, 5.41) is 4.91. The Hall–Kier alpha value is -2.46. The van der Waals surface area contributed by atoms with Gasteiger partial charge in [0.15, 0.2) is 0 Å². The van der Waals surface area contributed by atoms with Crippen molar-refractivity contribution in [2.24, 2.45) is 5.14 Å². The fourth-order valence-corrected chi connectivity index (χ4v) is 2.24. The zero-order chi connectivity index (χ0) is 18.1. The number of carbonyl (C=O) groups excluding carboxylic acids is 1. The first-order valence-corrected chi connectivity index (χ1v) is 7.77. The fraction of sp³-hybridized carbons (Fsp3) is 0.0714. The van der Waals surface area contributed by atoms with Gasteiger partial charge in [0.05, 0.1) is 0 Å². The van der Waals surface area contributed by atoms with Crippen molar-refractivity contribution >= 4 is 15.8 Å². The van der Waals surface area contributed by atoms with Crippen LogP contribution in [0.3, 0.4) is 0 Å². The maximum Gasteiger partial charge on any atom is 0.573 e. The molecule has 24 heavy (non-hydrogen) atoms. The van der Waals surface area contributed by atoms with Crippen molar-refractivity contribution < 1.29 is 31.1 Å². The first-order valence-electron chi connectivity index (χ1n) is 6.23. The molecule has 10 heteroatoms. The number of carbonyl (C=O) groups is 1. The molecule has 0 fully saturated rings. The summed E-state index contributed by atoms with van der Waals surface area (Å²) in [6.45, 7) is 3.56. The molecule has 0 aliphatic rings. The van der Waals surface area contributed by atoms with Gasteiger partial charge in [0, 0.05) is 11.8 Å². The fourth-order valence-electron chi connectivity index (χ4n) is 1.78. The highest BCUT2D eigenvalue weighted by Gasteiger charge is 2.31. The first-order chi connectivity index (χ1) is 11.0. The third kappa shape index (κ3) is 4.30. The first kappa shape index (κ1) is 17.9. The Balaban J connectivity index is 2.37. The molecule has 1 aromatic heterocycles. The molecule has 0 aliphatic carbocycles. The Labute approximate surface area is 135 Å². The van der Waals surface area contributed by atoms with Gasteiger partial charge in [-0.15, -0.1) is 13.2 Å². The monoisotopic (exact) mass is 359 g/mol. The summed E-state index contributed by atoms with van der Waals surface area (Å²) >= 11 is 0. The number of ketones is 1. The van der Waals surface area contributed by atoms with Gasteiger partial charge in [0.1, 0.15) is 16.3 Å². The molecule has 1 heterocycles. The summed E-state index contributed by atoms with van der Waals surface area (Å²) in [6.07, 6.45) is -4.03. The second kappa shape index (κ2) is 6.21. The molecule has 0 aliphatic heterocycles. The van der Waals surface area contributed by atoms with Crippen LogP contribution in [-0.2, 0) is 10.0 Å². The lowest BCUT2D eigenvalue weighted by molar-refractivity contribution is -0.274. The van der Waals surface area contributed by atoms with Crippen molar-refractivity contribution in [2.75, 3.05) is 0 Å². The number of pyridine rings is 1. The van der Waals surface area contributed by atoms with Crippen molar-refractivity contribution in [1.82, 2.24) is 4.98 Å². The summed E-state index contributed by atoms with van der Waals surface area (Å²) in [6, 6.07) is 5.25. The minimum Gasteiger partial charge on any atom is -0.406 e. The Bertz CT molecular complexity index is 878. The number of sulfonamides is 1. The highest BCUT2D eigenvalue weighted by atomic mass is 32.2. The zero-order valence-electron chi connectivity index (χ0n) is 11.9. The van der Waals surface area contributed by atoms with Crippen LogP contribution in [0.5, 0.6) is 5.75 Å². The van der Waals surface area contributed by atoms with Crippen LogP contribution in [0.25, 0.3) is 0 Å². The van der Waals surface area contributed by atoms with Crippen LogP contribution < -0.4 is 9.88 Å². The van der Waals surface area contributed by atoms with Gasteiger partial charge < -0.3 is 4.74 Å². The van der Waals surface area contributed by atoms with Gasteiger partial charge in [-0.3, -0.25) is 9.78 Å². The number of primary sulfonamides is 1. The number of hydrogen-bond acceptors (Lipinski definition) is 5. The van der Waals surface area contributed by atoms with Crippen LogP contribution in [-0.4, -0.2) is 25.5 Å². The normalized spacial score (nSPS) is 12.0. The number of ether oxygens (including phenoxy) is 1. The van der Waals surface area contributed by atoms with E-state index < -0.39 is 27.9 Å². The topological polar surface area (TPSA) is 99.4 Å². The second-order valence-electron chi connectivity index (χ2n) is 4.62. The molecule has 0 bridgehead atoms. The van der Waals surface area contributed by atoms with Gasteiger partial charge in [-0.2, -0.15) is 0 Å². The Morgan fingerprint density at radius 2 is 1.88 bits per heavy atom. The van der Waals surface area contributed by atoms with Gasteiger partial charge in [-0.25, -0.2) is 13.6 Å². The van der Waals surface area contributed by atoms with Crippen LogP contribution in [0.2, 0.25) is 0 Å². The Kier molecular flexibility index (Phi) is 4.63. The van der Waals surface area contributed by atoms with Crippen LogP contribution in [0.1, 0.15) is 21.6 Å². The van der Waals surface area contributed by atoms with E-state index in [0.29, 0.717) is 0 Å². The van der Waals surface area contributed by atoms with Crippen molar-refractivity contribution in [3.63, 3.8) is 0 Å². The zero-order valence-corrected chi connectivity index (χ0v) is 12.7. The van der Waals surface area contributed by atoms with Crippen molar-refractivity contribution in [3.8, 4) is 5.75 Å². The maximum atomic E-state index is 12.3. The lowest BCUT2D eigenvalue weighted by Crippen LogP contribution is -2.17. The summed E-state index contributed by atoms with van der Waals surface area (Å²) < 4.78 is 62.8. The molecule has 0 spiro atoms. The molecule has 0 saturated carbocycles. The standard InChI is InChI=1S/C14H10F3N2O4S/c1-8-2-3-9(23-14(15,16)17)6-11(8)13(20)12-5-4-10(7-19-12)24(18,21)22/h2-7H,1H2,(H2,18,21,22). The average molecular weight is 359 g/mol. The number of alkyl halides is 3. The largest absolute Gasteiger partial charge is 0.573 e. The van der Waals surface area contributed by atoms with Crippen LogP contribution >= 0.6 is 0 Å². The van der Waals surface area contributed by atoms with Gasteiger partial charge in [-0.05, 0) is 36.8 Å². The lowest BCUT2D eigenvalue weighted by Gasteiger charge is -2.11. The molecule has 0 amide bonds. The van der Waals surface area contributed by atoms with E-state index in [9.17, 15) is 26.4 Å². The molecule has 2 aromatic rings. The highest BCUT2D eigenvalue weighted by molar-refractivity contribution is 7.89. The molecule has 2 rings (SSSR count). The number of benzene rings is 1. The molecule has 1 aromatic carbocycles. The third-order valence-electron chi connectivity index (χ3n) is 2.86. The van der Waals surface area contributed by atoms with E-state index >= 15 is 0 Å². The lowest BCUT2D eigenvalue weighted by atomic mass is 10.0. The number of nitrogens with zero attached hydrogens (tertiary/aromatic N) is 1. The highest BCUT2D eigenvalue weighted by Crippen LogP contribution is 2.26. The number of hydrogen-bond donors (Lipinski definition) is 1. The quantitative estimate of drug-likeness (QED) is 0.842. The molecule has 0 unspecified atom stereocenters. The average Bonchev–Trinajstić information content (AvgIpc) is 2.46. The van der Waals surface area contributed by atoms with Crippen molar-refractivity contribution in [2.45, 2.75) is 11.3 Å². The molecule has 6 nitrogen and oxygen atoms in total. The molecule has 1 radical (unpaired) electrons. The van der Waals surface area contributed by atoms with E-state index in [1.807, 2.05) is 0 Å². The van der Waals surface area contributed by atoms with Gasteiger partial charge in [0.2, 0.25) is 15.8 Å². The number of rotatable bonds is 4. The summed E-state index contributed by atoms with van der Waals surface area (Å²) in [5.74, 6) is -1.33. The van der Waals surface area contributed by atoms with Gasteiger partial charge in [-0.1, -0.05) is 6.07 Å². The van der Waals surface area contributed by atoms with E-state index in [2.05, 4.69) is 16.6 Å². The summed E-state index contributed by atoms with van der Waals surface area (Å²) in [7, 11) is -3.98. The molecule has 2 N–H and O–H groups in total. The SMILES string of the molecule is [CH2]c1ccc(OC(F)(F)F)cc1C(=O)c1ccc(S(N)(=O)=O)cn1. The molecule has 0 saturated heterocycles. The number of nitrogens with two attached hydrogens (primary N) is 1. The van der Waals surface area contributed by atoms with Crippen LogP contribution in [0.4, 0.5) is 13.2 Å². The number of aromatic nitrogens is 1. The minimum absolute atomic E-state index is 0.159. The maximum absolute atomic E-state index is 12.3. The molecular weight excluding hydrogens is 349 g/mol. The van der Waals surface area contributed by atoms with E-state index in [-0.39, 0.29) is 21.7 Å². The van der Waals surface area contributed by atoms with Crippen LogP contribution in [0.15, 0.2) is 41.4 Å². The summed E-state index contributed by atoms with van der Waals surface area (Å²) in [5.41, 5.74) is -0.184. The second-order valence-corrected chi connectivity index (χ2v) is 6.18. The molecular formula is C14H10F3N2O4S. The smallest absolute Gasteiger partial charge is 0.406 e. The van der Waals surface area contributed by atoms with E-state index in [1.54, 1.807) is 0 Å². The third-order valence-corrected chi connectivity index (χ3v) is 3.76. The summed E-state index contributed by atoms with van der Waals surface area (Å²) in [4.78, 5) is 15.7. The van der Waals surface area contributed by atoms with Crippen molar-refractivity contribution in [3.05, 3.63) is 60.3 Å². The number of halogens is 3. The predicted octanol–water partition coefficient (Wildman–Crippen LogP) is 2.04. The van der Waals surface area contributed by atoms with E-state index in [0.717, 1.165) is 30.5 Å². The Morgan fingerprint density at radius 1 is 1.21 bits per heavy atom.